The first-order valence-corrected chi connectivity index (χ1v) is 5.15. The molecule has 18 heavy (non-hydrogen) atoms. The zero-order chi connectivity index (χ0) is 13.0. The van der Waals surface area contributed by atoms with Crippen molar-refractivity contribution in [2.24, 2.45) is 0 Å². The van der Waals surface area contributed by atoms with E-state index in [2.05, 4.69) is 9.97 Å². The van der Waals surface area contributed by atoms with E-state index in [0.717, 1.165) is 0 Å². The van der Waals surface area contributed by atoms with Crippen LogP contribution in [0.15, 0.2) is 30.3 Å². The van der Waals surface area contributed by atoms with Crippen LogP contribution in [0.1, 0.15) is 17.0 Å². The fourth-order valence-corrected chi connectivity index (χ4v) is 1.39. The molecule has 86 valence electrons. The lowest BCUT2D eigenvalue weighted by molar-refractivity contribution is 0.438. The highest BCUT2D eigenvalue weighted by atomic mass is 16.5. The van der Waals surface area contributed by atoms with Gasteiger partial charge in [-0.05, 0) is 25.1 Å². The largest absolute Gasteiger partial charge is 0.423 e. The first-order valence-electron chi connectivity index (χ1n) is 5.15. The van der Waals surface area contributed by atoms with Crippen molar-refractivity contribution in [3.63, 3.8) is 0 Å². The topological polar surface area (TPSA) is 82.6 Å². The standard InChI is InChI=1S/C13H8N4O/c1-9-6-11(8-15)17-13(16-9)18-12-5-3-2-4-10(12)7-14/h2-6H,1H3. The lowest BCUT2D eigenvalue weighted by atomic mass is 10.2. The molecular formula is C13H8N4O. The first-order chi connectivity index (χ1) is 8.72. The molecule has 0 aliphatic carbocycles. The molecule has 0 radical (unpaired) electrons. The zero-order valence-corrected chi connectivity index (χ0v) is 9.58. The Balaban J connectivity index is 2.38. The molecule has 5 nitrogen and oxygen atoms in total. The SMILES string of the molecule is Cc1cc(C#N)nc(Oc2ccccc2C#N)n1. The van der Waals surface area contributed by atoms with Crippen LogP contribution >= 0.6 is 0 Å². The Morgan fingerprint density at radius 2 is 1.89 bits per heavy atom. The van der Waals surface area contributed by atoms with E-state index in [0.29, 0.717) is 17.0 Å². The molecule has 0 atom stereocenters. The van der Waals surface area contributed by atoms with E-state index in [1.807, 2.05) is 12.1 Å². The van der Waals surface area contributed by atoms with Gasteiger partial charge in [0.05, 0.1) is 5.56 Å². The number of benzene rings is 1. The molecule has 0 saturated heterocycles. The fourth-order valence-electron chi connectivity index (χ4n) is 1.39. The number of para-hydroxylation sites is 1. The van der Waals surface area contributed by atoms with Crippen LogP contribution in [-0.2, 0) is 0 Å². The molecule has 0 aliphatic rings. The molecule has 1 aromatic carbocycles. The minimum Gasteiger partial charge on any atom is -0.423 e. The minimum absolute atomic E-state index is 0.0641. The summed E-state index contributed by atoms with van der Waals surface area (Å²) >= 11 is 0. The summed E-state index contributed by atoms with van der Waals surface area (Å²) in [5.74, 6) is 0.370. The second-order valence-electron chi connectivity index (χ2n) is 3.50. The van der Waals surface area contributed by atoms with Crippen molar-refractivity contribution in [1.82, 2.24) is 9.97 Å². The molecule has 0 N–H and O–H groups in total. The molecule has 5 heteroatoms. The highest BCUT2D eigenvalue weighted by molar-refractivity contribution is 5.43. The van der Waals surface area contributed by atoms with Gasteiger partial charge in [-0.1, -0.05) is 12.1 Å². The van der Waals surface area contributed by atoms with E-state index in [1.54, 1.807) is 37.3 Å². The zero-order valence-electron chi connectivity index (χ0n) is 9.58. The normalized spacial score (nSPS) is 9.28. The Morgan fingerprint density at radius 3 is 2.61 bits per heavy atom. The summed E-state index contributed by atoms with van der Waals surface area (Å²) in [6, 6.07) is 12.3. The number of hydrogen-bond donors (Lipinski definition) is 0. The van der Waals surface area contributed by atoms with Gasteiger partial charge in [0, 0.05) is 5.69 Å². The summed E-state index contributed by atoms with van der Waals surface area (Å²) < 4.78 is 5.43. The molecule has 1 heterocycles. The summed E-state index contributed by atoms with van der Waals surface area (Å²) in [5.41, 5.74) is 1.25. The molecule has 2 rings (SSSR count). The molecule has 0 unspecified atom stereocenters. The third kappa shape index (κ3) is 2.42. The lowest BCUT2D eigenvalue weighted by Crippen LogP contribution is -1.97. The van der Waals surface area contributed by atoms with Gasteiger partial charge in [-0.15, -0.1) is 0 Å². The van der Waals surface area contributed by atoms with Crippen LogP contribution in [0.4, 0.5) is 0 Å². The van der Waals surface area contributed by atoms with Crippen molar-refractivity contribution in [2.75, 3.05) is 0 Å². The lowest BCUT2D eigenvalue weighted by Gasteiger charge is -2.05. The molecule has 2 aromatic rings. The van der Waals surface area contributed by atoms with Crippen LogP contribution in [0.3, 0.4) is 0 Å². The average molecular weight is 236 g/mol. The number of aryl methyl sites for hydroxylation is 1. The van der Waals surface area contributed by atoms with Gasteiger partial charge in [-0.2, -0.15) is 15.5 Å². The van der Waals surface area contributed by atoms with Gasteiger partial charge >= 0.3 is 6.01 Å². The van der Waals surface area contributed by atoms with Crippen molar-refractivity contribution in [3.05, 3.63) is 47.3 Å². The fraction of sp³-hybridized carbons (Fsp3) is 0.0769. The van der Waals surface area contributed by atoms with Gasteiger partial charge in [0.15, 0.2) is 0 Å². The Labute approximate surface area is 104 Å². The third-order valence-corrected chi connectivity index (χ3v) is 2.16. The van der Waals surface area contributed by atoms with E-state index in [1.165, 1.54) is 0 Å². The molecule has 0 spiro atoms. The van der Waals surface area contributed by atoms with E-state index < -0.39 is 0 Å². The van der Waals surface area contributed by atoms with E-state index >= 15 is 0 Å². The van der Waals surface area contributed by atoms with Gasteiger partial charge in [-0.25, -0.2) is 4.98 Å². The molecule has 0 bridgehead atoms. The smallest absolute Gasteiger partial charge is 0.323 e. The second-order valence-corrected chi connectivity index (χ2v) is 3.50. The molecule has 0 saturated carbocycles. The van der Waals surface area contributed by atoms with E-state index in [9.17, 15) is 0 Å². The molecule has 0 fully saturated rings. The number of nitriles is 2. The van der Waals surface area contributed by atoms with Crippen LogP contribution in [0.2, 0.25) is 0 Å². The Bertz CT molecular complexity index is 667. The average Bonchev–Trinajstić information content (AvgIpc) is 2.38. The molecule has 0 amide bonds. The Hall–Kier alpha value is -2.92. The maximum Gasteiger partial charge on any atom is 0.323 e. The van der Waals surface area contributed by atoms with Crippen LogP contribution in [0, 0.1) is 29.6 Å². The van der Waals surface area contributed by atoms with Crippen molar-refractivity contribution < 1.29 is 4.74 Å². The number of rotatable bonds is 2. The van der Waals surface area contributed by atoms with Crippen LogP contribution < -0.4 is 4.74 Å². The minimum atomic E-state index is 0.0641. The summed E-state index contributed by atoms with van der Waals surface area (Å²) in [4.78, 5) is 7.98. The monoisotopic (exact) mass is 236 g/mol. The van der Waals surface area contributed by atoms with Crippen molar-refractivity contribution in [3.8, 4) is 23.9 Å². The predicted octanol–water partition coefficient (Wildman–Crippen LogP) is 2.32. The quantitative estimate of drug-likeness (QED) is 0.799. The number of aromatic nitrogens is 2. The molecule has 1 aromatic heterocycles. The summed E-state index contributed by atoms with van der Waals surface area (Å²) in [6.45, 7) is 1.74. The van der Waals surface area contributed by atoms with Gasteiger partial charge in [0.2, 0.25) is 0 Å². The third-order valence-electron chi connectivity index (χ3n) is 2.16. The maximum absolute atomic E-state index is 8.93. The van der Waals surface area contributed by atoms with Crippen LogP contribution in [0.25, 0.3) is 0 Å². The molecule has 0 aliphatic heterocycles. The Morgan fingerprint density at radius 1 is 1.11 bits per heavy atom. The van der Waals surface area contributed by atoms with E-state index in [-0.39, 0.29) is 11.7 Å². The number of ether oxygens (including phenoxy) is 1. The second kappa shape index (κ2) is 4.94. The molecular weight excluding hydrogens is 228 g/mol. The van der Waals surface area contributed by atoms with Gasteiger partial charge < -0.3 is 4.74 Å². The summed E-state index contributed by atoms with van der Waals surface area (Å²) in [5, 5.41) is 17.7. The van der Waals surface area contributed by atoms with Crippen LogP contribution in [0.5, 0.6) is 11.8 Å². The van der Waals surface area contributed by atoms with Crippen molar-refractivity contribution >= 4 is 0 Å². The number of nitrogens with zero attached hydrogens (tertiary/aromatic N) is 4. The van der Waals surface area contributed by atoms with Crippen LogP contribution in [-0.4, -0.2) is 9.97 Å². The van der Waals surface area contributed by atoms with Gasteiger partial charge in [0.1, 0.15) is 23.6 Å². The number of hydrogen-bond acceptors (Lipinski definition) is 5. The van der Waals surface area contributed by atoms with Crippen molar-refractivity contribution in [1.29, 1.82) is 10.5 Å². The van der Waals surface area contributed by atoms with Gasteiger partial charge in [-0.3, -0.25) is 0 Å². The highest BCUT2D eigenvalue weighted by Gasteiger charge is 2.07. The first kappa shape index (κ1) is 11.6. The van der Waals surface area contributed by atoms with Crippen molar-refractivity contribution in [2.45, 2.75) is 6.92 Å². The summed E-state index contributed by atoms with van der Waals surface area (Å²) in [6.07, 6.45) is 0. The summed E-state index contributed by atoms with van der Waals surface area (Å²) in [7, 11) is 0. The van der Waals surface area contributed by atoms with Gasteiger partial charge in [0.25, 0.3) is 0 Å². The highest BCUT2D eigenvalue weighted by Crippen LogP contribution is 2.22. The maximum atomic E-state index is 8.93. The Kier molecular flexibility index (Phi) is 3.17. The van der Waals surface area contributed by atoms with E-state index in [4.69, 9.17) is 15.3 Å². The predicted molar refractivity (Wildman–Crippen MR) is 62.7 cm³/mol.